The Bertz CT molecular complexity index is 481. The van der Waals surface area contributed by atoms with Crippen LogP contribution in [0.15, 0.2) is 0 Å². The lowest BCUT2D eigenvalue weighted by Gasteiger charge is -2.33. The third-order valence-electron chi connectivity index (χ3n) is 4.74. The lowest BCUT2D eigenvalue weighted by Crippen LogP contribution is -2.47. The molecule has 1 aromatic rings. The van der Waals surface area contributed by atoms with Gasteiger partial charge in [-0.25, -0.2) is 0 Å². The summed E-state index contributed by atoms with van der Waals surface area (Å²) in [5, 5.41) is 8.14. The highest BCUT2D eigenvalue weighted by molar-refractivity contribution is 5.24. The van der Waals surface area contributed by atoms with Crippen molar-refractivity contribution in [2.45, 2.75) is 58.8 Å². The number of hydrogen-bond acceptors (Lipinski definition) is 4. The first-order valence-corrected chi connectivity index (χ1v) is 8.28. The maximum absolute atomic E-state index is 5.89. The van der Waals surface area contributed by atoms with Crippen molar-refractivity contribution < 1.29 is 4.74 Å². The molecule has 5 nitrogen and oxygen atoms in total. The molecule has 1 atom stereocenters. The number of hydrogen-bond donors (Lipinski definition) is 1. The monoisotopic (exact) mass is 292 g/mol. The molecule has 2 fully saturated rings. The van der Waals surface area contributed by atoms with Crippen molar-refractivity contribution >= 4 is 0 Å². The summed E-state index contributed by atoms with van der Waals surface area (Å²) in [5.74, 6) is 0. The zero-order valence-electron chi connectivity index (χ0n) is 13.6. The summed E-state index contributed by atoms with van der Waals surface area (Å²) in [6.07, 6.45) is 3.10. The van der Waals surface area contributed by atoms with Gasteiger partial charge in [-0.05, 0) is 33.6 Å². The topological polar surface area (TPSA) is 42.3 Å². The van der Waals surface area contributed by atoms with Crippen LogP contribution in [0, 0.1) is 13.8 Å². The number of rotatable bonds is 6. The lowest BCUT2D eigenvalue weighted by atomic mass is 10.2. The van der Waals surface area contributed by atoms with Gasteiger partial charge >= 0.3 is 0 Å². The summed E-state index contributed by atoms with van der Waals surface area (Å²) in [7, 11) is 0. The highest BCUT2D eigenvalue weighted by atomic mass is 16.5. The Labute approximate surface area is 127 Å². The fourth-order valence-electron chi connectivity index (χ4n) is 3.29. The van der Waals surface area contributed by atoms with E-state index in [0.29, 0.717) is 6.10 Å². The summed E-state index contributed by atoms with van der Waals surface area (Å²) >= 11 is 0. The van der Waals surface area contributed by atoms with E-state index < -0.39 is 0 Å². The van der Waals surface area contributed by atoms with Crippen LogP contribution in [0.5, 0.6) is 0 Å². The van der Waals surface area contributed by atoms with Gasteiger partial charge in [0.25, 0.3) is 0 Å². The minimum absolute atomic E-state index is 0.334. The Kier molecular flexibility index (Phi) is 4.62. The van der Waals surface area contributed by atoms with Gasteiger partial charge in [0.2, 0.25) is 0 Å². The number of morpholine rings is 1. The Hall–Kier alpha value is -0.910. The Morgan fingerprint density at radius 1 is 1.33 bits per heavy atom. The highest BCUT2D eigenvalue weighted by Gasteiger charge is 2.32. The first-order chi connectivity index (χ1) is 10.2. The van der Waals surface area contributed by atoms with Crippen LogP contribution in [0.25, 0.3) is 0 Å². The molecule has 0 bridgehead atoms. The maximum Gasteiger partial charge on any atom is 0.0826 e. The molecule has 3 rings (SSSR count). The molecule has 0 spiro atoms. The van der Waals surface area contributed by atoms with E-state index in [-0.39, 0.29) is 0 Å². The summed E-state index contributed by atoms with van der Waals surface area (Å²) < 4.78 is 7.97. The summed E-state index contributed by atoms with van der Waals surface area (Å²) in [6, 6.07) is 0.851. The molecular weight excluding hydrogens is 264 g/mol. The van der Waals surface area contributed by atoms with E-state index in [1.165, 1.54) is 24.1 Å². The molecule has 118 valence electrons. The highest BCUT2D eigenvalue weighted by Crippen LogP contribution is 2.28. The number of aryl methyl sites for hydroxylation is 2. The van der Waals surface area contributed by atoms with Crippen LogP contribution >= 0.6 is 0 Å². The average molecular weight is 292 g/mol. The van der Waals surface area contributed by atoms with Crippen LogP contribution in [-0.2, 0) is 17.8 Å². The van der Waals surface area contributed by atoms with E-state index in [4.69, 9.17) is 4.74 Å². The van der Waals surface area contributed by atoms with E-state index in [2.05, 4.69) is 40.8 Å². The SMILES string of the molecule is CCn1nc(C)c(CNC[C@H]2CN(C3CC3)CCO2)c1C. The molecule has 0 aromatic carbocycles. The number of nitrogens with zero attached hydrogens (tertiary/aromatic N) is 3. The first-order valence-electron chi connectivity index (χ1n) is 8.28. The Morgan fingerprint density at radius 3 is 2.81 bits per heavy atom. The molecular formula is C16H28N4O. The van der Waals surface area contributed by atoms with Crippen LogP contribution in [0.2, 0.25) is 0 Å². The van der Waals surface area contributed by atoms with Crippen molar-refractivity contribution in [1.82, 2.24) is 20.0 Å². The molecule has 1 N–H and O–H groups in total. The minimum atomic E-state index is 0.334. The number of aromatic nitrogens is 2. The second kappa shape index (κ2) is 6.46. The summed E-state index contributed by atoms with van der Waals surface area (Å²) in [6.45, 7) is 12.2. The van der Waals surface area contributed by atoms with Crippen LogP contribution in [0.1, 0.15) is 36.7 Å². The van der Waals surface area contributed by atoms with Gasteiger partial charge in [0.15, 0.2) is 0 Å². The van der Waals surface area contributed by atoms with Crippen LogP contribution in [0.3, 0.4) is 0 Å². The molecule has 1 aliphatic heterocycles. The maximum atomic E-state index is 5.89. The van der Waals surface area contributed by atoms with E-state index in [9.17, 15) is 0 Å². The second-order valence-corrected chi connectivity index (χ2v) is 6.31. The second-order valence-electron chi connectivity index (χ2n) is 6.31. The molecule has 1 saturated carbocycles. The molecule has 1 aromatic heterocycles. The molecule has 0 unspecified atom stereocenters. The van der Waals surface area contributed by atoms with Crippen LogP contribution in [0.4, 0.5) is 0 Å². The van der Waals surface area contributed by atoms with E-state index in [1.807, 2.05) is 0 Å². The van der Waals surface area contributed by atoms with Gasteiger partial charge in [0, 0.05) is 50.0 Å². The molecule has 0 radical (unpaired) electrons. The zero-order chi connectivity index (χ0) is 14.8. The van der Waals surface area contributed by atoms with Crippen molar-refractivity contribution in [3.63, 3.8) is 0 Å². The summed E-state index contributed by atoms with van der Waals surface area (Å²) in [4.78, 5) is 2.60. The molecule has 2 heterocycles. The predicted octanol–water partition coefficient (Wildman–Crippen LogP) is 1.47. The fraction of sp³-hybridized carbons (Fsp3) is 0.812. The number of nitrogens with one attached hydrogen (secondary N) is 1. The fourth-order valence-corrected chi connectivity index (χ4v) is 3.29. The quantitative estimate of drug-likeness (QED) is 0.862. The third-order valence-corrected chi connectivity index (χ3v) is 4.74. The van der Waals surface area contributed by atoms with Gasteiger partial charge in [-0.3, -0.25) is 9.58 Å². The van der Waals surface area contributed by atoms with Crippen molar-refractivity contribution in [2.75, 3.05) is 26.2 Å². The van der Waals surface area contributed by atoms with Crippen molar-refractivity contribution in [1.29, 1.82) is 0 Å². The molecule has 2 aliphatic rings. The first kappa shape index (κ1) is 15.0. The van der Waals surface area contributed by atoms with Gasteiger partial charge < -0.3 is 10.1 Å². The average Bonchev–Trinajstić information content (AvgIpc) is 3.29. The standard InChI is InChI=1S/C16H28N4O/c1-4-20-13(3)16(12(2)18-20)10-17-9-15-11-19(7-8-21-15)14-5-6-14/h14-15,17H,4-11H2,1-3H3/t15-/m0/s1. The molecule has 0 amide bonds. The van der Waals surface area contributed by atoms with E-state index in [1.54, 1.807) is 0 Å². The van der Waals surface area contributed by atoms with Crippen LogP contribution in [-0.4, -0.2) is 53.1 Å². The smallest absolute Gasteiger partial charge is 0.0826 e. The van der Waals surface area contributed by atoms with Gasteiger partial charge in [-0.1, -0.05) is 0 Å². The Morgan fingerprint density at radius 2 is 2.14 bits per heavy atom. The van der Waals surface area contributed by atoms with Gasteiger partial charge in [-0.15, -0.1) is 0 Å². The molecule has 1 saturated heterocycles. The summed E-state index contributed by atoms with van der Waals surface area (Å²) in [5.41, 5.74) is 3.77. The van der Waals surface area contributed by atoms with E-state index in [0.717, 1.165) is 51.1 Å². The van der Waals surface area contributed by atoms with Crippen molar-refractivity contribution in [3.05, 3.63) is 17.0 Å². The van der Waals surface area contributed by atoms with E-state index >= 15 is 0 Å². The minimum Gasteiger partial charge on any atom is -0.374 e. The number of ether oxygens (including phenoxy) is 1. The predicted molar refractivity (Wildman–Crippen MR) is 83.4 cm³/mol. The normalized spacial score (nSPS) is 23.7. The lowest BCUT2D eigenvalue weighted by molar-refractivity contribution is -0.0301. The van der Waals surface area contributed by atoms with Crippen LogP contribution < -0.4 is 5.32 Å². The zero-order valence-corrected chi connectivity index (χ0v) is 13.6. The molecule has 21 heavy (non-hydrogen) atoms. The van der Waals surface area contributed by atoms with Crippen molar-refractivity contribution in [2.24, 2.45) is 0 Å². The Balaban J connectivity index is 1.48. The molecule has 5 heteroatoms. The van der Waals surface area contributed by atoms with Gasteiger partial charge in [-0.2, -0.15) is 5.10 Å². The van der Waals surface area contributed by atoms with Gasteiger partial charge in [0.1, 0.15) is 0 Å². The van der Waals surface area contributed by atoms with Crippen molar-refractivity contribution in [3.8, 4) is 0 Å². The molecule has 1 aliphatic carbocycles. The largest absolute Gasteiger partial charge is 0.374 e. The van der Waals surface area contributed by atoms with Gasteiger partial charge in [0.05, 0.1) is 18.4 Å². The third kappa shape index (κ3) is 3.47.